The largest absolute Gasteiger partial charge is 0.426 e. The van der Waals surface area contributed by atoms with Crippen LogP contribution in [-0.4, -0.2) is 38.2 Å². The lowest BCUT2D eigenvalue weighted by molar-refractivity contribution is -0.140. The third kappa shape index (κ3) is 6.27. The normalized spacial score (nSPS) is 32.0. The van der Waals surface area contributed by atoms with Gasteiger partial charge in [-0.15, -0.1) is 0 Å². The van der Waals surface area contributed by atoms with Crippen molar-refractivity contribution in [2.75, 3.05) is 20.0 Å². The first-order chi connectivity index (χ1) is 14.2. The molecule has 1 heterocycles. The number of benzene rings is 1. The van der Waals surface area contributed by atoms with E-state index in [1.54, 1.807) is 0 Å². The Bertz CT molecular complexity index is 638. The molecule has 1 unspecified atom stereocenters. The molecule has 5 heteroatoms. The van der Waals surface area contributed by atoms with Gasteiger partial charge in [0, 0.05) is 0 Å². The molecule has 160 valence electrons. The summed E-state index contributed by atoms with van der Waals surface area (Å²) in [6.07, 6.45) is 9.59. The van der Waals surface area contributed by atoms with Gasteiger partial charge in [-0.2, -0.15) is 0 Å². The van der Waals surface area contributed by atoms with Crippen molar-refractivity contribution in [3.63, 3.8) is 0 Å². The van der Waals surface area contributed by atoms with Gasteiger partial charge in [-0.25, -0.2) is 0 Å². The van der Waals surface area contributed by atoms with E-state index in [4.69, 9.17) is 18.9 Å². The van der Waals surface area contributed by atoms with Crippen molar-refractivity contribution < 1.29 is 23.7 Å². The fourth-order valence-electron chi connectivity index (χ4n) is 4.85. The van der Waals surface area contributed by atoms with Gasteiger partial charge < -0.3 is 18.9 Å². The molecule has 2 aliphatic carbocycles. The molecule has 3 aliphatic rings. The maximum absolute atomic E-state index is 12.5. The summed E-state index contributed by atoms with van der Waals surface area (Å²) in [5.74, 6) is 2.20. The smallest absolute Gasteiger partial charge is 0.314 e. The molecule has 29 heavy (non-hydrogen) atoms. The Morgan fingerprint density at radius 1 is 0.966 bits per heavy atom. The molecule has 0 aromatic heterocycles. The van der Waals surface area contributed by atoms with Crippen LogP contribution in [0.3, 0.4) is 0 Å². The molecule has 1 saturated heterocycles. The van der Waals surface area contributed by atoms with E-state index in [9.17, 15) is 4.79 Å². The lowest BCUT2D eigenvalue weighted by Crippen LogP contribution is -2.31. The summed E-state index contributed by atoms with van der Waals surface area (Å²) in [6, 6.07) is 7.72. The van der Waals surface area contributed by atoms with E-state index in [-0.39, 0.29) is 11.9 Å². The second-order valence-corrected chi connectivity index (χ2v) is 8.99. The molecule has 1 aromatic carbocycles. The predicted octanol–water partition coefficient (Wildman–Crippen LogP) is 4.66. The Morgan fingerprint density at radius 3 is 2.21 bits per heavy atom. The highest BCUT2D eigenvalue weighted by Gasteiger charge is 2.34. The quantitative estimate of drug-likeness (QED) is 0.208. The van der Waals surface area contributed by atoms with Gasteiger partial charge in [0.1, 0.15) is 18.6 Å². The number of esters is 1. The maximum Gasteiger partial charge on any atom is 0.314 e. The van der Waals surface area contributed by atoms with Crippen molar-refractivity contribution in [1.29, 1.82) is 0 Å². The number of aryl methyl sites for hydroxylation is 1. The van der Waals surface area contributed by atoms with Gasteiger partial charge in [-0.05, 0) is 82.3 Å². The number of ether oxygens (including phenoxy) is 4. The van der Waals surface area contributed by atoms with E-state index in [2.05, 4.69) is 0 Å². The number of rotatable bonds is 8. The molecule has 2 saturated carbocycles. The first-order valence-corrected chi connectivity index (χ1v) is 11.3. The fourth-order valence-corrected chi connectivity index (χ4v) is 4.85. The van der Waals surface area contributed by atoms with Crippen molar-refractivity contribution in [2.45, 2.75) is 70.5 Å². The lowest BCUT2D eigenvalue weighted by Gasteiger charge is -2.37. The second kappa shape index (κ2) is 10.1. The van der Waals surface area contributed by atoms with Gasteiger partial charge in [-0.1, -0.05) is 17.7 Å². The fraction of sp³-hybridized carbons (Fsp3) is 0.708. The zero-order chi connectivity index (χ0) is 20.1. The number of epoxide rings is 1. The topological polar surface area (TPSA) is 57.3 Å². The van der Waals surface area contributed by atoms with Crippen LogP contribution < -0.4 is 4.74 Å². The molecule has 1 aliphatic heterocycles. The summed E-state index contributed by atoms with van der Waals surface area (Å²) in [6.45, 7) is 3.91. The number of carbonyl (C=O) groups is 1. The van der Waals surface area contributed by atoms with Gasteiger partial charge in [-0.3, -0.25) is 4.79 Å². The number of carbonyl (C=O) groups excluding carboxylic acids is 1. The van der Waals surface area contributed by atoms with Crippen LogP contribution in [0.25, 0.3) is 0 Å². The average Bonchev–Trinajstić information content (AvgIpc) is 3.58. The SMILES string of the molecule is Cc1ccc(OC(=O)C2CCC(C3CCC(OCOCC4CO4)CC3)CC2)cc1. The van der Waals surface area contributed by atoms with Crippen LogP contribution in [0, 0.1) is 24.7 Å². The van der Waals surface area contributed by atoms with E-state index in [0.29, 0.717) is 31.4 Å². The predicted molar refractivity (Wildman–Crippen MR) is 110 cm³/mol. The Balaban J connectivity index is 1.12. The van der Waals surface area contributed by atoms with Crippen molar-refractivity contribution in [3.8, 4) is 5.75 Å². The van der Waals surface area contributed by atoms with Crippen LogP contribution in [-0.2, 0) is 19.0 Å². The molecule has 0 spiro atoms. The molecule has 0 radical (unpaired) electrons. The maximum atomic E-state index is 12.5. The van der Waals surface area contributed by atoms with Crippen molar-refractivity contribution in [2.24, 2.45) is 17.8 Å². The van der Waals surface area contributed by atoms with E-state index in [0.717, 1.165) is 57.0 Å². The van der Waals surface area contributed by atoms with Crippen molar-refractivity contribution >= 4 is 5.97 Å². The van der Waals surface area contributed by atoms with Crippen LogP contribution in [0.4, 0.5) is 0 Å². The highest BCUT2D eigenvalue weighted by molar-refractivity contribution is 5.75. The van der Waals surface area contributed by atoms with Crippen LogP contribution in [0.1, 0.15) is 56.9 Å². The third-order valence-electron chi connectivity index (χ3n) is 6.82. The zero-order valence-electron chi connectivity index (χ0n) is 17.5. The number of hydrogen-bond acceptors (Lipinski definition) is 5. The highest BCUT2D eigenvalue weighted by Crippen LogP contribution is 2.40. The summed E-state index contributed by atoms with van der Waals surface area (Å²) in [7, 11) is 0. The second-order valence-electron chi connectivity index (χ2n) is 8.99. The lowest BCUT2D eigenvalue weighted by atomic mass is 9.70. The number of hydrogen-bond donors (Lipinski definition) is 0. The summed E-state index contributed by atoms with van der Waals surface area (Å²) in [4.78, 5) is 12.5. The summed E-state index contributed by atoms with van der Waals surface area (Å²) in [5.41, 5.74) is 1.17. The van der Waals surface area contributed by atoms with Gasteiger partial charge >= 0.3 is 5.97 Å². The Morgan fingerprint density at radius 2 is 1.59 bits per heavy atom. The molecule has 0 N–H and O–H groups in total. The van der Waals surface area contributed by atoms with Gasteiger partial charge in [0.05, 0.1) is 25.2 Å². The molecule has 5 nitrogen and oxygen atoms in total. The van der Waals surface area contributed by atoms with E-state index in [1.807, 2.05) is 31.2 Å². The molecule has 0 bridgehead atoms. The first-order valence-electron chi connectivity index (χ1n) is 11.3. The Labute approximate surface area is 174 Å². The minimum absolute atomic E-state index is 0.0546. The van der Waals surface area contributed by atoms with Gasteiger partial charge in [0.15, 0.2) is 0 Å². The van der Waals surface area contributed by atoms with E-state index in [1.165, 1.54) is 18.4 Å². The average molecular weight is 403 g/mol. The van der Waals surface area contributed by atoms with Crippen molar-refractivity contribution in [3.05, 3.63) is 29.8 Å². The Hall–Kier alpha value is -1.43. The molecular weight excluding hydrogens is 368 g/mol. The third-order valence-corrected chi connectivity index (χ3v) is 6.82. The summed E-state index contributed by atoms with van der Waals surface area (Å²) < 4.78 is 22.1. The molecule has 1 aromatic rings. The van der Waals surface area contributed by atoms with Crippen LogP contribution in [0.15, 0.2) is 24.3 Å². The highest BCUT2D eigenvalue weighted by atomic mass is 16.7. The minimum Gasteiger partial charge on any atom is -0.426 e. The van der Waals surface area contributed by atoms with Crippen LogP contribution >= 0.6 is 0 Å². The molecule has 1 atom stereocenters. The summed E-state index contributed by atoms with van der Waals surface area (Å²) in [5, 5.41) is 0. The zero-order valence-corrected chi connectivity index (χ0v) is 17.5. The minimum atomic E-state index is -0.0546. The van der Waals surface area contributed by atoms with Crippen molar-refractivity contribution in [1.82, 2.24) is 0 Å². The van der Waals surface area contributed by atoms with Gasteiger partial charge in [0.2, 0.25) is 0 Å². The molecular formula is C24H34O5. The van der Waals surface area contributed by atoms with E-state index >= 15 is 0 Å². The van der Waals surface area contributed by atoms with E-state index < -0.39 is 0 Å². The molecule has 3 fully saturated rings. The summed E-state index contributed by atoms with van der Waals surface area (Å²) >= 11 is 0. The Kier molecular flexibility index (Phi) is 7.22. The van der Waals surface area contributed by atoms with Crippen LogP contribution in [0.5, 0.6) is 5.75 Å². The standard InChI is InChI=1S/C24H34O5/c1-17-2-10-22(11-3-17)29-24(25)20-6-4-18(5-7-20)19-8-12-21(13-9-19)28-16-26-14-23-15-27-23/h2-3,10-11,18-21,23H,4-9,12-16H2,1H3. The first kappa shape index (κ1) is 20.8. The van der Waals surface area contributed by atoms with Crippen LogP contribution in [0.2, 0.25) is 0 Å². The molecule has 4 rings (SSSR count). The monoisotopic (exact) mass is 402 g/mol. The van der Waals surface area contributed by atoms with Gasteiger partial charge in [0.25, 0.3) is 0 Å². The molecule has 0 amide bonds.